The second-order valence-electron chi connectivity index (χ2n) is 18.1. The normalized spacial score (nSPS) is 25.4. The number of likely N-dealkylation sites (tertiary alicyclic amines) is 3. The number of rotatable bonds is 8. The Labute approximate surface area is 352 Å². The van der Waals surface area contributed by atoms with E-state index < -0.39 is 5.60 Å². The molecule has 0 aromatic heterocycles. The molecule has 322 valence electrons. The minimum absolute atomic E-state index is 0.146. The molecule has 4 saturated heterocycles. The van der Waals surface area contributed by atoms with Crippen molar-refractivity contribution >= 4 is 6.09 Å². The van der Waals surface area contributed by atoms with Crippen molar-refractivity contribution in [2.75, 3.05) is 59.5 Å². The monoisotopic (exact) mass is 799 g/mol. The third-order valence-corrected chi connectivity index (χ3v) is 11.8. The third kappa shape index (κ3) is 18.3. The van der Waals surface area contributed by atoms with Crippen molar-refractivity contribution in [3.05, 3.63) is 108 Å². The van der Waals surface area contributed by atoms with Gasteiger partial charge in [-0.3, -0.25) is 14.7 Å². The number of hydrogen-bond acceptors (Lipinski definition) is 8. The average Bonchev–Trinajstić information content (AvgIpc) is 3.80. The molecule has 4 fully saturated rings. The second kappa shape index (κ2) is 25.3. The fraction of sp³-hybridized carbons (Fsp3) is 0.612. The standard InChI is InChI=1S/C18H28N2O2.C14H22N2.C13H20N2.C4H8O/c1-14-10-11-20(12-15-8-6-5-7-9-15)13-16(14)19-17(21)22-18(2,3)4;1-12-8-9-16(11-14(12)15-2)10-13-6-4-3-5-7-13;1-11-7-8-15(10-13(11)14)9-12-5-3-2-4-6-12;1-2-4-5-3-1/h5-9,14,16H,10-13H2,1-4H3,(H,19,21);3-7,12,14-15H,8-11H2,1-2H3;2-6,11,13H,7-10,14H2,1H3;1-4H2/t14-,16+;12-,14+;11-,13+;/m111./s1. The van der Waals surface area contributed by atoms with Gasteiger partial charge in [-0.15, -0.1) is 0 Å². The highest BCUT2D eigenvalue weighted by Gasteiger charge is 2.29. The number of nitrogens with one attached hydrogen (secondary N) is 2. The lowest BCUT2D eigenvalue weighted by atomic mass is 9.93. The number of nitrogens with zero attached hydrogens (tertiary/aromatic N) is 3. The minimum Gasteiger partial charge on any atom is -0.444 e. The molecule has 0 unspecified atom stereocenters. The number of carbonyl (C=O) groups is 1. The molecule has 9 nitrogen and oxygen atoms in total. The largest absolute Gasteiger partial charge is 0.444 e. The van der Waals surface area contributed by atoms with Gasteiger partial charge >= 0.3 is 6.09 Å². The number of amides is 1. The highest BCUT2D eigenvalue weighted by molar-refractivity contribution is 5.68. The molecule has 9 heteroatoms. The van der Waals surface area contributed by atoms with Gasteiger partial charge in [0.2, 0.25) is 0 Å². The Morgan fingerprint density at radius 2 is 1.05 bits per heavy atom. The maximum absolute atomic E-state index is 12.0. The topological polar surface area (TPSA) is 95.3 Å². The van der Waals surface area contributed by atoms with Crippen molar-refractivity contribution in [3.8, 4) is 0 Å². The van der Waals surface area contributed by atoms with Crippen LogP contribution >= 0.6 is 0 Å². The van der Waals surface area contributed by atoms with E-state index in [2.05, 4.69) is 138 Å². The van der Waals surface area contributed by atoms with Gasteiger partial charge in [-0.2, -0.15) is 0 Å². The van der Waals surface area contributed by atoms with Crippen LogP contribution in [0.5, 0.6) is 0 Å². The van der Waals surface area contributed by atoms with Gasteiger partial charge in [0.1, 0.15) is 5.60 Å². The summed E-state index contributed by atoms with van der Waals surface area (Å²) in [6, 6.07) is 33.0. The lowest BCUT2D eigenvalue weighted by Crippen LogP contribution is -2.52. The van der Waals surface area contributed by atoms with Gasteiger partial charge < -0.3 is 25.8 Å². The Hall–Kier alpha value is -3.31. The van der Waals surface area contributed by atoms with E-state index in [1.54, 1.807) is 0 Å². The van der Waals surface area contributed by atoms with Crippen molar-refractivity contribution < 1.29 is 14.3 Å². The van der Waals surface area contributed by atoms with Crippen molar-refractivity contribution in [2.45, 2.75) is 117 Å². The zero-order valence-corrected chi connectivity index (χ0v) is 37.1. The van der Waals surface area contributed by atoms with Crippen LogP contribution in [0, 0.1) is 17.8 Å². The summed E-state index contributed by atoms with van der Waals surface area (Å²) in [5.74, 6) is 1.95. The summed E-state index contributed by atoms with van der Waals surface area (Å²) < 4.78 is 10.3. The fourth-order valence-corrected chi connectivity index (χ4v) is 7.93. The zero-order valence-electron chi connectivity index (χ0n) is 37.1. The maximum atomic E-state index is 12.0. The summed E-state index contributed by atoms with van der Waals surface area (Å²) >= 11 is 0. The first-order chi connectivity index (χ1) is 27.9. The van der Waals surface area contributed by atoms with E-state index in [1.165, 1.54) is 62.0 Å². The number of piperidine rings is 3. The molecule has 3 aromatic rings. The zero-order chi connectivity index (χ0) is 41.8. The number of nitrogens with two attached hydrogens (primary N) is 1. The average molecular weight is 799 g/mol. The molecule has 4 aliphatic rings. The molecule has 3 aromatic carbocycles. The van der Waals surface area contributed by atoms with Gasteiger partial charge in [0, 0.05) is 70.6 Å². The molecule has 0 saturated carbocycles. The second-order valence-corrected chi connectivity index (χ2v) is 18.1. The van der Waals surface area contributed by atoms with E-state index in [1.807, 2.05) is 26.8 Å². The first-order valence-corrected chi connectivity index (χ1v) is 22.2. The van der Waals surface area contributed by atoms with Crippen LogP contribution in [0.2, 0.25) is 0 Å². The Morgan fingerprint density at radius 3 is 1.43 bits per heavy atom. The molecule has 4 heterocycles. The Bertz CT molecular complexity index is 1510. The lowest BCUT2D eigenvalue weighted by molar-refractivity contribution is 0.0433. The predicted molar refractivity (Wildman–Crippen MR) is 241 cm³/mol. The van der Waals surface area contributed by atoms with Gasteiger partial charge in [0.05, 0.1) is 0 Å². The molecular formula is C49H78N6O3. The number of alkyl carbamates (subject to hydrolysis) is 1. The summed E-state index contributed by atoms with van der Waals surface area (Å²) in [6.45, 7) is 24.1. The van der Waals surface area contributed by atoms with E-state index in [9.17, 15) is 4.79 Å². The quantitative estimate of drug-likeness (QED) is 0.210. The summed E-state index contributed by atoms with van der Waals surface area (Å²) in [6.07, 6.45) is 5.87. The Kier molecular flexibility index (Phi) is 20.7. The molecule has 7 rings (SSSR count). The Morgan fingerprint density at radius 1 is 0.655 bits per heavy atom. The molecule has 58 heavy (non-hydrogen) atoms. The van der Waals surface area contributed by atoms with Gasteiger partial charge in [-0.1, -0.05) is 112 Å². The van der Waals surface area contributed by atoms with Crippen LogP contribution in [0.25, 0.3) is 0 Å². The van der Waals surface area contributed by atoms with E-state index in [4.69, 9.17) is 15.2 Å². The van der Waals surface area contributed by atoms with Crippen LogP contribution in [0.4, 0.5) is 4.79 Å². The van der Waals surface area contributed by atoms with E-state index in [-0.39, 0.29) is 12.1 Å². The highest BCUT2D eigenvalue weighted by atomic mass is 16.6. The predicted octanol–water partition coefficient (Wildman–Crippen LogP) is 8.19. The summed E-state index contributed by atoms with van der Waals surface area (Å²) in [5, 5.41) is 6.47. The van der Waals surface area contributed by atoms with Crippen LogP contribution in [-0.2, 0) is 29.1 Å². The SMILES string of the molecule is C1CCOC1.CN[C@H]1CN(Cc2ccccc2)CC[C@H]1C.C[C@@H]1CCN(Cc2ccccc2)C[C@@H]1N.C[C@@H]1CCN(Cc2ccccc2)C[C@@H]1NC(=O)OC(C)(C)C. The number of likely N-dealkylation sites (N-methyl/N-ethyl adjacent to an activating group) is 1. The van der Waals surface area contributed by atoms with E-state index in [0.717, 1.165) is 64.8 Å². The number of benzene rings is 3. The van der Waals surface area contributed by atoms with Gasteiger partial charge in [-0.05, 0) is 114 Å². The highest BCUT2D eigenvalue weighted by Crippen LogP contribution is 2.21. The molecule has 0 bridgehead atoms. The fourth-order valence-electron chi connectivity index (χ4n) is 7.93. The van der Waals surface area contributed by atoms with Crippen LogP contribution < -0.4 is 16.4 Å². The first-order valence-electron chi connectivity index (χ1n) is 22.2. The van der Waals surface area contributed by atoms with Crippen LogP contribution in [0.15, 0.2) is 91.0 Å². The maximum Gasteiger partial charge on any atom is 0.407 e. The molecule has 4 aliphatic heterocycles. The van der Waals surface area contributed by atoms with Crippen molar-refractivity contribution in [1.82, 2.24) is 25.3 Å². The van der Waals surface area contributed by atoms with Crippen molar-refractivity contribution in [2.24, 2.45) is 23.5 Å². The van der Waals surface area contributed by atoms with Crippen molar-refractivity contribution in [3.63, 3.8) is 0 Å². The van der Waals surface area contributed by atoms with E-state index in [0.29, 0.717) is 23.9 Å². The van der Waals surface area contributed by atoms with E-state index >= 15 is 0 Å². The third-order valence-electron chi connectivity index (χ3n) is 11.8. The van der Waals surface area contributed by atoms with Gasteiger partial charge in [0.25, 0.3) is 0 Å². The molecule has 0 radical (unpaired) electrons. The molecular weight excluding hydrogens is 721 g/mol. The van der Waals surface area contributed by atoms with Crippen molar-refractivity contribution in [1.29, 1.82) is 0 Å². The number of carbonyl (C=O) groups excluding carboxylic acids is 1. The van der Waals surface area contributed by atoms with Crippen LogP contribution in [-0.4, -0.2) is 104 Å². The number of hydrogen-bond donors (Lipinski definition) is 3. The summed E-state index contributed by atoms with van der Waals surface area (Å²) in [7, 11) is 2.08. The van der Waals surface area contributed by atoms with Crippen LogP contribution in [0.3, 0.4) is 0 Å². The minimum atomic E-state index is -0.453. The Balaban J connectivity index is 0.000000184. The summed E-state index contributed by atoms with van der Waals surface area (Å²) in [4.78, 5) is 19.4. The first kappa shape index (κ1) is 47.4. The van der Waals surface area contributed by atoms with Crippen LogP contribution in [0.1, 0.15) is 90.3 Å². The van der Waals surface area contributed by atoms with Gasteiger partial charge in [-0.25, -0.2) is 4.79 Å². The molecule has 6 atom stereocenters. The molecule has 1 amide bonds. The van der Waals surface area contributed by atoms with Gasteiger partial charge in [0.15, 0.2) is 0 Å². The summed E-state index contributed by atoms with van der Waals surface area (Å²) in [5.41, 5.74) is 9.75. The smallest absolute Gasteiger partial charge is 0.407 e. The number of ether oxygens (including phenoxy) is 2. The molecule has 0 aliphatic carbocycles. The molecule has 0 spiro atoms. The molecule has 4 N–H and O–H groups in total. The lowest BCUT2D eigenvalue weighted by Gasteiger charge is -2.37.